The molecule has 1 aromatic heterocycles. The van der Waals surface area contributed by atoms with Crippen molar-refractivity contribution in [3.63, 3.8) is 0 Å². The van der Waals surface area contributed by atoms with Gasteiger partial charge in [0.25, 0.3) is 0 Å². The van der Waals surface area contributed by atoms with Crippen molar-refractivity contribution in [2.45, 2.75) is 26.3 Å². The highest BCUT2D eigenvalue weighted by atomic mass is 16.5. The molecule has 0 atom stereocenters. The Morgan fingerprint density at radius 1 is 1.47 bits per heavy atom. The summed E-state index contributed by atoms with van der Waals surface area (Å²) in [5.74, 6) is 2.13. The van der Waals surface area contributed by atoms with Crippen molar-refractivity contribution in [1.82, 2.24) is 4.98 Å². The third-order valence-electron chi connectivity index (χ3n) is 3.45. The Bertz CT molecular complexity index is 386. The van der Waals surface area contributed by atoms with Gasteiger partial charge in [0.1, 0.15) is 5.82 Å². The number of pyridine rings is 1. The van der Waals surface area contributed by atoms with Crippen LogP contribution in [0.1, 0.15) is 20.8 Å². The summed E-state index contributed by atoms with van der Waals surface area (Å²) in [6, 6.07) is 5.85. The second kappa shape index (κ2) is 4.53. The average Bonchev–Trinajstić information content (AvgIpc) is 2.25. The number of rotatable bonds is 4. The van der Waals surface area contributed by atoms with Gasteiger partial charge in [0, 0.05) is 19.2 Å². The monoisotopic (exact) mass is 235 g/mol. The third kappa shape index (κ3) is 2.36. The highest BCUT2D eigenvalue weighted by Crippen LogP contribution is 2.30. The average molecular weight is 235 g/mol. The van der Waals surface area contributed by atoms with Crippen LogP contribution >= 0.6 is 0 Å². The normalized spacial score (nSPS) is 18.1. The summed E-state index contributed by atoms with van der Waals surface area (Å²) in [4.78, 5) is 6.65. The molecule has 0 unspecified atom stereocenters. The van der Waals surface area contributed by atoms with Crippen molar-refractivity contribution in [1.29, 1.82) is 0 Å². The van der Waals surface area contributed by atoms with Crippen molar-refractivity contribution >= 4 is 5.82 Å². The molecular formula is C13H21N3O. The fourth-order valence-electron chi connectivity index (χ4n) is 2.00. The lowest BCUT2D eigenvalue weighted by molar-refractivity contribution is 0.242. The lowest BCUT2D eigenvalue weighted by atomic mass is 9.80. The van der Waals surface area contributed by atoms with E-state index in [1.165, 1.54) is 0 Å². The third-order valence-corrected chi connectivity index (χ3v) is 3.45. The minimum atomic E-state index is -0.0662. The lowest BCUT2D eigenvalue weighted by Gasteiger charge is -2.51. The standard InChI is InChI=1S/C13H21N3O/c1-4-17-12-7-5-6-11(15-12)16-8-13(14,9-16)10(2)3/h5-7,10H,4,8-9,14H2,1-3H3. The predicted molar refractivity (Wildman–Crippen MR) is 69.4 cm³/mol. The van der Waals surface area contributed by atoms with Gasteiger partial charge in [-0.2, -0.15) is 4.98 Å². The Kier molecular flexibility index (Phi) is 3.24. The number of hydrogen-bond donors (Lipinski definition) is 1. The molecule has 0 spiro atoms. The molecule has 17 heavy (non-hydrogen) atoms. The van der Waals surface area contributed by atoms with Crippen LogP contribution in [0.2, 0.25) is 0 Å². The highest BCUT2D eigenvalue weighted by molar-refractivity contribution is 5.46. The summed E-state index contributed by atoms with van der Waals surface area (Å²) in [6.07, 6.45) is 0. The smallest absolute Gasteiger partial charge is 0.215 e. The first-order valence-corrected chi connectivity index (χ1v) is 6.19. The number of ether oxygens (including phenoxy) is 1. The first-order valence-electron chi connectivity index (χ1n) is 6.19. The summed E-state index contributed by atoms with van der Waals surface area (Å²) >= 11 is 0. The van der Waals surface area contributed by atoms with Crippen LogP contribution in [-0.2, 0) is 0 Å². The molecule has 0 radical (unpaired) electrons. The number of anilines is 1. The van der Waals surface area contributed by atoms with Gasteiger partial charge in [-0.3, -0.25) is 0 Å². The molecule has 2 rings (SSSR count). The van der Waals surface area contributed by atoms with Crippen LogP contribution < -0.4 is 15.4 Å². The van der Waals surface area contributed by atoms with Crippen molar-refractivity contribution in [2.24, 2.45) is 11.7 Å². The maximum Gasteiger partial charge on any atom is 0.215 e. The quantitative estimate of drug-likeness (QED) is 0.862. The first-order chi connectivity index (χ1) is 8.05. The first kappa shape index (κ1) is 12.2. The van der Waals surface area contributed by atoms with E-state index in [9.17, 15) is 0 Å². The predicted octanol–water partition coefficient (Wildman–Crippen LogP) is 1.65. The fraction of sp³-hybridized carbons (Fsp3) is 0.615. The summed E-state index contributed by atoms with van der Waals surface area (Å²) in [7, 11) is 0. The second-order valence-electron chi connectivity index (χ2n) is 5.01. The molecule has 2 N–H and O–H groups in total. The van der Waals surface area contributed by atoms with E-state index < -0.39 is 0 Å². The highest BCUT2D eigenvalue weighted by Gasteiger charge is 2.42. The van der Waals surface area contributed by atoms with E-state index in [1.807, 2.05) is 25.1 Å². The maximum atomic E-state index is 6.27. The zero-order chi connectivity index (χ0) is 12.5. The molecule has 0 bridgehead atoms. The largest absolute Gasteiger partial charge is 0.478 e. The molecule has 4 nitrogen and oxygen atoms in total. The van der Waals surface area contributed by atoms with Crippen LogP contribution in [0.4, 0.5) is 5.82 Å². The van der Waals surface area contributed by atoms with Gasteiger partial charge in [-0.25, -0.2) is 0 Å². The molecule has 0 aromatic carbocycles. The minimum absolute atomic E-state index is 0.0662. The van der Waals surface area contributed by atoms with Gasteiger partial charge in [0.05, 0.1) is 12.1 Å². The molecule has 2 heterocycles. The number of hydrogen-bond acceptors (Lipinski definition) is 4. The van der Waals surface area contributed by atoms with Crippen LogP contribution in [0.5, 0.6) is 5.88 Å². The van der Waals surface area contributed by atoms with Crippen molar-refractivity contribution < 1.29 is 4.74 Å². The van der Waals surface area contributed by atoms with Crippen LogP contribution in [0.25, 0.3) is 0 Å². The van der Waals surface area contributed by atoms with Crippen LogP contribution in [0.15, 0.2) is 18.2 Å². The van der Waals surface area contributed by atoms with Gasteiger partial charge < -0.3 is 15.4 Å². The summed E-state index contributed by atoms with van der Waals surface area (Å²) < 4.78 is 5.40. The number of nitrogens with zero attached hydrogens (tertiary/aromatic N) is 2. The maximum absolute atomic E-state index is 6.27. The summed E-state index contributed by atoms with van der Waals surface area (Å²) in [5, 5.41) is 0. The molecule has 1 saturated heterocycles. The zero-order valence-corrected chi connectivity index (χ0v) is 10.8. The van der Waals surface area contributed by atoms with Crippen LogP contribution in [0.3, 0.4) is 0 Å². The Morgan fingerprint density at radius 3 is 2.76 bits per heavy atom. The number of aromatic nitrogens is 1. The van der Waals surface area contributed by atoms with E-state index in [0.717, 1.165) is 18.9 Å². The Hall–Kier alpha value is -1.29. The Balaban J connectivity index is 2.03. The minimum Gasteiger partial charge on any atom is -0.478 e. The molecule has 1 aliphatic rings. The molecule has 1 fully saturated rings. The van der Waals surface area contributed by atoms with Gasteiger partial charge in [0.2, 0.25) is 5.88 Å². The summed E-state index contributed by atoms with van der Waals surface area (Å²) in [5.41, 5.74) is 6.20. The molecule has 4 heteroatoms. The van der Waals surface area contributed by atoms with Crippen LogP contribution in [-0.4, -0.2) is 30.2 Å². The lowest BCUT2D eigenvalue weighted by Crippen LogP contribution is -2.70. The second-order valence-corrected chi connectivity index (χ2v) is 5.01. The van der Waals surface area contributed by atoms with Gasteiger partial charge >= 0.3 is 0 Å². The molecular weight excluding hydrogens is 214 g/mol. The van der Waals surface area contributed by atoms with Crippen molar-refractivity contribution in [2.75, 3.05) is 24.6 Å². The van der Waals surface area contributed by atoms with E-state index in [1.54, 1.807) is 0 Å². The SMILES string of the molecule is CCOc1cccc(N2CC(N)(C(C)C)C2)n1. The molecule has 1 aliphatic heterocycles. The molecule has 0 saturated carbocycles. The molecule has 0 amide bonds. The molecule has 1 aromatic rings. The van der Waals surface area contributed by atoms with E-state index >= 15 is 0 Å². The topological polar surface area (TPSA) is 51.4 Å². The molecule has 94 valence electrons. The fourth-order valence-corrected chi connectivity index (χ4v) is 2.00. The van der Waals surface area contributed by atoms with Gasteiger partial charge in [-0.05, 0) is 18.9 Å². The van der Waals surface area contributed by atoms with E-state index in [0.29, 0.717) is 18.4 Å². The van der Waals surface area contributed by atoms with E-state index in [-0.39, 0.29) is 5.54 Å². The zero-order valence-electron chi connectivity index (χ0n) is 10.8. The van der Waals surface area contributed by atoms with Gasteiger partial charge in [-0.1, -0.05) is 19.9 Å². The van der Waals surface area contributed by atoms with Gasteiger partial charge in [-0.15, -0.1) is 0 Å². The number of nitrogens with two attached hydrogens (primary N) is 1. The van der Waals surface area contributed by atoms with E-state index in [2.05, 4.69) is 23.7 Å². The van der Waals surface area contributed by atoms with Crippen molar-refractivity contribution in [3.8, 4) is 5.88 Å². The Labute approximate surface area is 103 Å². The van der Waals surface area contributed by atoms with Crippen LogP contribution in [0, 0.1) is 5.92 Å². The Morgan fingerprint density at radius 2 is 2.18 bits per heavy atom. The summed E-state index contributed by atoms with van der Waals surface area (Å²) in [6.45, 7) is 8.67. The van der Waals surface area contributed by atoms with E-state index in [4.69, 9.17) is 10.5 Å². The van der Waals surface area contributed by atoms with Gasteiger partial charge in [0.15, 0.2) is 0 Å². The molecule has 0 aliphatic carbocycles. The van der Waals surface area contributed by atoms with Crippen molar-refractivity contribution in [3.05, 3.63) is 18.2 Å².